The van der Waals surface area contributed by atoms with Crippen LogP contribution in [-0.2, 0) is 11.2 Å². The van der Waals surface area contributed by atoms with Gasteiger partial charge >= 0.3 is 0 Å². The fourth-order valence-electron chi connectivity index (χ4n) is 1.59. The number of rotatable bonds is 4. The van der Waals surface area contributed by atoms with Gasteiger partial charge in [-0.15, -0.1) is 0 Å². The van der Waals surface area contributed by atoms with Crippen LogP contribution in [0.15, 0.2) is 18.2 Å². The highest BCUT2D eigenvalue weighted by atomic mass is 19.1. The number of hydrogen-bond donors (Lipinski definition) is 0. The van der Waals surface area contributed by atoms with Gasteiger partial charge < -0.3 is 4.74 Å². The van der Waals surface area contributed by atoms with Gasteiger partial charge in [-0.2, -0.15) is 0 Å². The van der Waals surface area contributed by atoms with Gasteiger partial charge in [0.1, 0.15) is 11.6 Å². The largest absolute Gasteiger partial charge is 0.376 e. The Bertz CT molecular complexity index is 309. The first kappa shape index (κ1) is 17.0. The third-order valence-corrected chi connectivity index (χ3v) is 2.01. The topological polar surface area (TPSA) is 9.23 Å². The molecule has 3 heteroatoms. The summed E-state index contributed by atoms with van der Waals surface area (Å²) in [7, 11) is 0. The van der Waals surface area contributed by atoms with Crippen molar-refractivity contribution in [3.63, 3.8) is 0 Å². The van der Waals surface area contributed by atoms with E-state index in [0.29, 0.717) is 12.2 Å². The van der Waals surface area contributed by atoms with Crippen LogP contribution in [0.2, 0.25) is 0 Å². The lowest BCUT2D eigenvalue weighted by Crippen LogP contribution is -2.09. The van der Waals surface area contributed by atoms with Crippen LogP contribution >= 0.6 is 0 Å². The zero-order valence-corrected chi connectivity index (χ0v) is 12.0. The number of hydrogen-bond acceptors (Lipinski definition) is 1. The smallest absolute Gasteiger partial charge is 0.126 e. The van der Waals surface area contributed by atoms with Crippen LogP contribution in [0.1, 0.15) is 46.6 Å². The van der Waals surface area contributed by atoms with E-state index in [2.05, 4.69) is 0 Å². The summed E-state index contributed by atoms with van der Waals surface area (Å²) in [6.07, 6.45) is 2.39. The Labute approximate surface area is 109 Å². The highest BCUT2D eigenvalue weighted by molar-refractivity contribution is 5.17. The normalized spacial score (nSPS) is 10.5. The Balaban J connectivity index is 0.000000360. The Morgan fingerprint density at radius 2 is 1.39 bits per heavy atom. The zero-order chi connectivity index (χ0) is 14.1. The van der Waals surface area contributed by atoms with Crippen LogP contribution in [0.5, 0.6) is 0 Å². The Hall–Kier alpha value is -0.960. The lowest BCUT2D eigenvalue weighted by Gasteiger charge is -2.09. The first-order valence-electron chi connectivity index (χ1n) is 6.45. The van der Waals surface area contributed by atoms with E-state index >= 15 is 0 Å². The van der Waals surface area contributed by atoms with Gasteiger partial charge in [0.25, 0.3) is 0 Å². The summed E-state index contributed by atoms with van der Waals surface area (Å²) in [5.74, 6) is -0.984. The second-order valence-electron chi connectivity index (χ2n) is 4.76. The van der Waals surface area contributed by atoms with Crippen molar-refractivity contribution in [2.24, 2.45) is 0 Å². The molecule has 0 fully saturated rings. The van der Waals surface area contributed by atoms with Gasteiger partial charge in [0, 0.05) is 6.07 Å². The molecule has 0 saturated heterocycles. The van der Waals surface area contributed by atoms with E-state index in [4.69, 9.17) is 4.74 Å². The third kappa shape index (κ3) is 9.11. The molecule has 104 valence electrons. The van der Waals surface area contributed by atoms with Crippen molar-refractivity contribution in [2.75, 3.05) is 0 Å². The van der Waals surface area contributed by atoms with E-state index in [-0.39, 0.29) is 0 Å². The van der Waals surface area contributed by atoms with Gasteiger partial charge in [-0.1, -0.05) is 13.3 Å². The summed E-state index contributed by atoms with van der Waals surface area (Å²) in [5.41, 5.74) is 0.727. The zero-order valence-electron chi connectivity index (χ0n) is 12.0. The fourth-order valence-corrected chi connectivity index (χ4v) is 1.59. The van der Waals surface area contributed by atoms with Gasteiger partial charge in [0.2, 0.25) is 0 Å². The van der Waals surface area contributed by atoms with Crippen molar-refractivity contribution in [1.29, 1.82) is 0 Å². The number of ether oxygens (including phenoxy) is 1. The van der Waals surface area contributed by atoms with Crippen molar-refractivity contribution in [3.8, 4) is 0 Å². The molecule has 0 unspecified atom stereocenters. The first-order valence-corrected chi connectivity index (χ1v) is 6.45. The van der Waals surface area contributed by atoms with E-state index in [0.717, 1.165) is 24.5 Å². The maximum atomic E-state index is 12.5. The summed E-state index contributed by atoms with van der Waals surface area (Å²) < 4.78 is 30.3. The van der Waals surface area contributed by atoms with Crippen LogP contribution in [-0.4, -0.2) is 12.2 Å². The molecular formula is C15H24F2O. The van der Waals surface area contributed by atoms with Crippen LogP contribution in [0.4, 0.5) is 8.78 Å². The molecular weight excluding hydrogens is 234 g/mol. The summed E-state index contributed by atoms with van der Waals surface area (Å²) >= 11 is 0. The molecule has 0 amide bonds. The average molecular weight is 258 g/mol. The average Bonchev–Trinajstić information content (AvgIpc) is 2.14. The molecule has 0 aromatic heterocycles. The number of benzene rings is 1. The molecule has 0 aliphatic rings. The first-order chi connectivity index (χ1) is 8.35. The van der Waals surface area contributed by atoms with E-state index in [1.54, 1.807) is 0 Å². The third-order valence-electron chi connectivity index (χ3n) is 2.01. The maximum Gasteiger partial charge on any atom is 0.126 e. The molecule has 0 saturated carbocycles. The second-order valence-corrected chi connectivity index (χ2v) is 4.76. The summed E-state index contributed by atoms with van der Waals surface area (Å²) in [6, 6.07) is 3.62. The van der Waals surface area contributed by atoms with E-state index in [1.165, 1.54) is 12.1 Å². The van der Waals surface area contributed by atoms with Crippen LogP contribution in [0.25, 0.3) is 0 Å². The lowest BCUT2D eigenvalue weighted by molar-refractivity contribution is 0.0300. The highest BCUT2D eigenvalue weighted by Gasteiger charge is 1.98. The maximum absolute atomic E-state index is 12.5. The number of aryl methyl sites for hydroxylation is 1. The molecule has 0 atom stereocenters. The molecule has 0 radical (unpaired) electrons. The van der Waals surface area contributed by atoms with Gasteiger partial charge in [0.05, 0.1) is 12.2 Å². The van der Waals surface area contributed by atoms with Crippen LogP contribution in [0.3, 0.4) is 0 Å². The van der Waals surface area contributed by atoms with Gasteiger partial charge in [-0.3, -0.25) is 0 Å². The van der Waals surface area contributed by atoms with E-state index < -0.39 is 11.6 Å². The molecule has 0 spiro atoms. The Morgan fingerprint density at radius 1 is 0.944 bits per heavy atom. The molecule has 0 bridgehead atoms. The van der Waals surface area contributed by atoms with Gasteiger partial charge in [-0.25, -0.2) is 8.78 Å². The molecule has 1 aromatic rings. The SMILES string of the molecule is CC(C)OC(C)C.CCCc1cc(F)cc(F)c1. The molecule has 0 heterocycles. The highest BCUT2D eigenvalue weighted by Crippen LogP contribution is 2.09. The molecule has 18 heavy (non-hydrogen) atoms. The summed E-state index contributed by atoms with van der Waals surface area (Å²) in [6.45, 7) is 10.1. The van der Waals surface area contributed by atoms with Crippen molar-refractivity contribution >= 4 is 0 Å². The molecule has 0 aliphatic heterocycles. The second kappa shape index (κ2) is 9.03. The quantitative estimate of drug-likeness (QED) is 0.758. The van der Waals surface area contributed by atoms with Crippen LogP contribution < -0.4 is 0 Å². The fraction of sp³-hybridized carbons (Fsp3) is 0.600. The molecule has 0 aliphatic carbocycles. The van der Waals surface area contributed by atoms with Gasteiger partial charge in [0.15, 0.2) is 0 Å². The minimum atomic E-state index is -0.492. The number of halogens is 2. The Kier molecular flexibility index (Phi) is 8.55. The summed E-state index contributed by atoms with van der Waals surface area (Å²) in [5, 5.41) is 0. The van der Waals surface area contributed by atoms with Crippen LogP contribution in [0, 0.1) is 11.6 Å². The van der Waals surface area contributed by atoms with Crippen molar-refractivity contribution < 1.29 is 13.5 Å². The van der Waals surface area contributed by atoms with Gasteiger partial charge in [-0.05, 0) is 51.8 Å². The molecule has 1 aromatic carbocycles. The van der Waals surface area contributed by atoms with Crippen molar-refractivity contribution in [3.05, 3.63) is 35.4 Å². The molecule has 0 N–H and O–H groups in total. The monoisotopic (exact) mass is 258 g/mol. The van der Waals surface area contributed by atoms with E-state index in [9.17, 15) is 8.78 Å². The van der Waals surface area contributed by atoms with Crippen molar-refractivity contribution in [2.45, 2.75) is 59.7 Å². The minimum Gasteiger partial charge on any atom is -0.376 e. The predicted molar refractivity (Wildman–Crippen MR) is 71.7 cm³/mol. The minimum absolute atomic E-state index is 0.375. The molecule has 1 rings (SSSR count). The predicted octanol–water partition coefficient (Wildman–Crippen LogP) is 4.74. The molecule has 1 nitrogen and oxygen atoms in total. The van der Waals surface area contributed by atoms with E-state index in [1.807, 2.05) is 34.6 Å². The standard InChI is InChI=1S/C9H10F2.C6H14O/c1-2-3-7-4-8(10)6-9(11)5-7;1-5(2)7-6(3)4/h4-6H,2-3H2,1H3;5-6H,1-4H3. The van der Waals surface area contributed by atoms with Crippen molar-refractivity contribution in [1.82, 2.24) is 0 Å². The lowest BCUT2D eigenvalue weighted by atomic mass is 10.1. The summed E-state index contributed by atoms with van der Waals surface area (Å²) in [4.78, 5) is 0. The Morgan fingerprint density at radius 3 is 1.67 bits per heavy atom.